The third-order valence-electron chi connectivity index (χ3n) is 4.57. The van der Waals surface area contributed by atoms with Crippen molar-refractivity contribution < 1.29 is 4.79 Å². The molecule has 3 heteroatoms. The first-order valence-electron chi connectivity index (χ1n) is 8.80. The van der Waals surface area contributed by atoms with E-state index in [1.807, 2.05) is 38.4 Å². The number of aryl methyl sites for hydroxylation is 1. The highest BCUT2D eigenvalue weighted by Crippen LogP contribution is 2.29. The summed E-state index contributed by atoms with van der Waals surface area (Å²) >= 11 is 0. The SMILES string of the molecule is Cc1cccc(C(C(=O)Cc2ccncc2)c2ccc(N(C)C)cc2)c1. The number of benzene rings is 2. The number of anilines is 1. The average Bonchev–Trinajstić information content (AvgIpc) is 2.63. The smallest absolute Gasteiger partial charge is 0.149 e. The van der Waals surface area contributed by atoms with Gasteiger partial charge >= 0.3 is 0 Å². The van der Waals surface area contributed by atoms with Gasteiger partial charge in [0.2, 0.25) is 0 Å². The summed E-state index contributed by atoms with van der Waals surface area (Å²) in [5.41, 5.74) is 5.35. The van der Waals surface area contributed by atoms with Crippen LogP contribution in [0.4, 0.5) is 5.69 Å². The van der Waals surface area contributed by atoms with Crippen molar-refractivity contribution in [3.05, 3.63) is 95.3 Å². The van der Waals surface area contributed by atoms with Gasteiger partial charge in [-0.15, -0.1) is 0 Å². The fraction of sp³-hybridized carbons (Fsp3) is 0.217. The van der Waals surface area contributed by atoms with Gasteiger partial charge in [-0.05, 0) is 47.9 Å². The van der Waals surface area contributed by atoms with E-state index in [-0.39, 0.29) is 11.7 Å². The maximum absolute atomic E-state index is 13.2. The van der Waals surface area contributed by atoms with E-state index >= 15 is 0 Å². The molecule has 1 unspecified atom stereocenters. The standard InChI is InChI=1S/C23H24N2O/c1-17-5-4-6-20(15-17)23(19-7-9-21(10-8-19)25(2)3)22(26)16-18-11-13-24-14-12-18/h4-15,23H,16H2,1-3H3. The van der Waals surface area contributed by atoms with Crippen molar-refractivity contribution in [1.82, 2.24) is 4.98 Å². The van der Waals surface area contributed by atoms with Crippen LogP contribution < -0.4 is 4.90 Å². The second-order valence-corrected chi connectivity index (χ2v) is 6.83. The second-order valence-electron chi connectivity index (χ2n) is 6.83. The first-order chi connectivity index (χ1) is 12.5. The Labute approximate surface area is 155 Å². The van der Waals surface area contributed by atoms with Gasteiger partial charge in [0.05, 0.1) is 5.92 Å². The summed E-state index contributed by atoms with van der Waals surface area (Å²) in [4.78, 5) is 19.3. The molecule has 0 saturated heterocycles. The zero-order valence-corrected chi connectivity index (χ0v) is 15.5. The molecule has 2 aromatic carbocycles. The molecule has 0 saturated carbocycles. The summed E-state index contributed by atoms with van der Waals surface area (Å²) in [5.74, 6) is -0.0707. The van der Waals surface area contributed by atoms with Crippen molar-refractivity contribution >= 4 is 11.5 Å². The average molecular weight is 344 g/mol. The molecule has 1 aromatic heterocycles. The van der Waals surface area contributed by atoms with E-state index in [1.165, 1.54) is 0 Å². The zero-order chi connectivity index (χ0) is 18.5. The van der Waals surface area contributed by atoms with E-state index < -0.39 is 0 Å². The minimum atomic E-state index is -0.265. The number of rotatable bonds is 6. The van der Waals surface area contributed by atoms with Crippen molar-refractivity contribution in [3.8, 4) is 0 Å². The van der Waals surface area contributed by atoms with Crippen molar-refractivity contribution in [3.63, 3.8) is 0 Å². The summed E-state index contributed by atoms with van der Waals surface area (Å²) in [6.45, 7) is 2.06. The first kappa shape index (κ1) is 17.9. The molecule has 0 fully saturated rings. The highest BCUT2D eigenvalue weighted by atomic mass is 16.1. The molecule has 3 nitrogen and oxygen atoms in total. The van der Waals surface area contributed by atoms with Crippen molar-refractivity contribution in [2.24, 2.45) is 0 Å². The predicted molar refractivity (Wildman–Crippen MR) is 107 cm³/mol. The largest absolute Gasteiger partial charge is 0.378 e. The number of carbonyl (C=O) groups is 1. The number of pyridine rings is 1. The Hall–Kier alpha value is -2.94. The minimum absolute atomic E-state index is 0.194. The van der Waals surface area contributed by atoms with Crippen LogP contribution in [0.2, 0.25) is 0 Å². The van der Waals surface area contributed by atoms with Crippen LogP contribution >= 0.6 is 0 Å². The maximum atomic E-state index is 13.2. The lowest BCUT2D eigenvalue weighted by molar-refractivity contribution is -0.119. The van der Waals surface area contributed by atoms with Crippen LogP contribution in [-0.4, -0.2) is 24.9 Å². The Bertz CT molecular complexity index is 870. The molecular formula is C23H24N2O. The summed E-state index contributed by atoms with van der Waals surface area (Å²) in [5, 5.41) is 0. The third kappa shape index (κ3) is 4.17. The molecule has 0 radical (unpaired) electrons. The Morgan fingerprint density at radius 2 is 1.65 bits per heavy atom. The molecule has 0 aliphatic carbocycles. The monoisotopic (exact) mass is 344 g/mol. The highest BCUT2D eigenvalue weighted by Gasteiger charge is 2.23. The predicted octanol–water partition coefficient (Wildman–Crippen LogP) is 4.40. The lowest BCUT2D eigenvalue weighted by Crippen LogP contribution is -2.17. The molecule has 1 atom stereocenters. The molecule has 0 bridgehead atoms. The van der Waals surface area contributed by atoms with Gasteiger partial charge in [0.1, 0.15) is 5.78 Å². The van der Waals surface area contributed by atoms with Crippen LogP contribution in [-0.2, 0) is 11.2 Å². The van der Waals surface area contributed by atoms with Gasteiger partial charge < -0.3 is 4.90 Å². The fourth-order valence-corrected chi connectivity index (χ4v) is 3.18. The minimum Gasteiger partial charge on any atom is -0.378 e. The normalized spacial score (nSPS) is 11.8. The van der Waals surface area contributed by atoms with Gasteiger partial charge in [-0.3, -0.25) is 9.78 Å². The molecule has 3 aromatic rings. The topological polar surface area (TPSA) is 33.2 Å². The Morgan fingerprint density at radius 3 is 2.27 bits per heavy atom. The summed E-state index contributed by atoms with van der Waals surface area (Å²) < 4.78 is 0. The quantitative estimate of drug-likeness (QED) is 0.664. The molecule has 0 N–H and O–H groups in total. The zero-order valence-electron chi connectivity index (χ0n) is 15.5. The van der Waals surface area contributed by atoms with Crippen LogP contribution in [0.25, 0.3) is 0 Å². The summed E-state index contributed by atoms with van der Waals surface area (Å²) in [7, 11) is 4.03. The van der Waals surface area contributed by atoms with Gasteiger partial charge in [-0.2, -0.15) is 0 Å². The molecule has 3 rings (SSSR count). The van der Waals surface area contributed by atoms with Crippen molar-refractivity contribution in [2.75, 3.05) is 19.0 Å². The van der Waals surface area contributed by atoms with Gasteiger partial charge in [0, 0.05) is 38.6 Å². The Balaban J connectivity index is 1.97. The van der Waals surface area contributed by atoms with Gasteiger partial charge in [-0.25, -0.2) is 0 Å². The van der Waals surface area contributed by atoms with E-state index in [2.05, 4.69) is 53.2 Å². The lowest BCUT2D eigenvalue weighted by atomic mass is 9.84. The molecule has 0 aliphatic heterocycles. The maximum Gasteiger partial charge on any atom is 0.149 e. The molecule has 1 heterocycles. The van der Waals surface area contributed by atoms with Crippen LogP contribution in [0, 0.1) is 6.92 Å². The fourth-order valence-electron chi connectivity index (χ4n) is 3.18. The molecule has 0 aliphatic rings. The van der Waals surface area contributed by atoms with Gasteiger partial charge in [-0.1, -0.05) is 42.0 Å². The van der Waals surface area contributed by atoms with Crippen LogP contribution in [0.15, 0.2) is 73.1 Å². The number of carbonyl (C=O) groups excluding carboxylic acids is 1. The number of nitrogens with zero attached hydrogens (tertiary/aromatic N) is 2. The molecular weight excluding hydrogens is 320 g/mol. The number of hydrogen-bond donors (Lipinski definition) is 0. The van der Waals surface area contributed by atoms with Crippen molar-refractivity contribution in [2.45, 2.75) is 19.3 Å². The number of ketones is 1. The van der Waals surface area contributed by atoms with Crippen LogP contribution in [0.3, 0.4) is 0 Å². The van der Waals surface area contributed by atoms with E-state index in [9.17, 15) is 4.79 Å². The summed E-state index contributed by atoms with van der Waals surface area (Å²) in [6.07, 6.45) is 3.86. The number of hydrogen-bond acceptors (Lipinski definition) is 3. The highest BCUT2D eigenvalue weighted by molar-refractivity contribution is 5.90. The Morgan fingerprint density at radius 1 is 0.962 bits per heavy atom. The summed E-state index contributed by atoms with van der Waals surface area (Å²) in [6, 6.07) is 20.3. The van der Waals surface area contributed by atoms with Crippen LogP contribution in [0.1, 0.15) is 28.2 Å². The number of Topliss-reactive ketones (excluding diaryl/α,β-unsaturated/α-hetero) is 1. The van der Waals surface area contributed by atoms with Crippen molar-refractivity contribution in [1.29, 1.82) is 0 Å². The van der Waals surface area contributed by atoms with Crippen LogP contribution in [0.5, 0.6) is 0 Å². The van der Waals surface area contributed by atoms with E-state index in [4.69, 9.17) is 0 Å². The third-order valence-corrected chi connectivity index (χ3v) is 4.57. The lowest BCUT2D eigenvalue weighted by Gasteiger charge is -2.19. The molecule has 0 spiro atoms. The molecule has 0 amide bonds. The molecule has 26 heavy (non-hydrogen) atoms. The van der Waals surface area contributed by atoms with E-state index in [1.54, 1.807) is 12.4 Å². The first-order valence-corrected chi connectivity index (χ1v) is 8.80. The second kappa shape index (κ2) is 7.96. The molecule has 132 valence electrons. The van der Waals surface area contributed by atoms with E-state index in [0.29, 0.717) is 6.42 Å². The van der Waals surface area contributed by atoms with Gasteiger partial charge in [0.25, 0.3) is 0 Å². The Kier molecular flexibility index (Phi) is 5.47. The van der Waals surface area contributed by atoms with Gasteiger partial charge in [0.15, 0.2) is 0 Å². The number of aromatic nitrogens is 1. The van der Waals surface area contributed by atoms with E-state index in [0.717, 1.165) is 27.9 Å².